The normalized spacial score (nSPS) is 19.8. The lowest BCUT2D eigenvalue weighted by Crippen LogP contribution is -2.48. The first-order chi connectivity index (χ1) is 9.77. The van der Waals surface area contributed by atoms with Crippen LogP contribution in [0.15, 0.2) is 10.4 Å². The van der Waals surface area contributed by atoms with Gasteiger partial charge < -0.3 is 10.2 Å². The van der Waals surface area contributed by atoms with Crippen molar-refractivity contribution >= 4 is 32.4 Å². The van der Waals surface area contributed by atoms with Gasteiger partial charge in [-0.3, -0.25) is 4.79 Å². The van der Waals surface area contributed by atoms with Crippen LogP contribution in [0.3, 0.4) is 0 Å². The molecule has 0 saturated carbocycles. The SMILES string of the molecule is CC(C)C(=O)NC1CCCN(c2ncc(S(N)(=O)=O)s2)C1. The number of thiazole rings is 1. The monoisotopic (exact) mass is 332 g/mol. The number of hydrogen-bond acceptors (Lipinski definition) is 6. The zero-order valence-corrected chi connectivity index (χ0v) is 13.7. The summed E-state index contributed by atoms with van der Waals surface area (Å²) in [7, 11) is -3.70. The van der Waals surface area contributed by atoms with Crippen molar-refractivity contribution in [3.63, 3.8) is 0 Å². The Morgan fingerprint density at radius 1 is 1.57 bits per heavy atom. The van der Waals surface area contributed by atoms with Crippen LogP contribution in [-0.4, -0.2) is 38.4 Å². The molecule has 1 aliphatic rings. The van der Waals surface area contributed by atoms with Gasteiger partial charge in [0.05, 0.1) is 6.20 Å². The summed E-state index contributed by atoms with van der Waals surface area (Å²) < 4.78 is 22.6. The van der Waals surface area contributed by atoms with Gasteiger partial charge in [0.15, 0.2) is 9.34 Å². The average Bonchev–Trinajstić information content (AvgIpc) is 2.88. The van der Waals surface area contributed by atoms with E-state index < -0.39 is 10.0 Å². The number of hydrogen-bond donors (Lipinski definition) is 2. The largest absolute Gasteiger partial charge is 0.351 e. The number of amides is 1. The number of nitrogens with zero attached hydrogens (tertiary/aromatic N) is 2. The minimum atomic E-state index is -3.70. The summed E-state index contributed by atoms with van der Waals surface area (Å²) in [6.45, 7) is 5.14. The molecule has 0 spiro atoms. The molecule has 1 saturated heterocycles. The predicted octanol–water partition coefficient (Wildman–Crippen LogP) is 0.531. The van der Waals surface area contributed by atoms with Crippen LogP contribution in [0.5, 0.6) is 0 Å². The highest BCUT2D eigenvalue weighted by Gasteiger charge is 2.25. The fourth-order valence-corrected chi connectivity index (χ4v) is 3.74. The zero-order valence-electron chi connectivity index (χ0n) is 12.1. The topological polar surface area (TPSA) is 105 Å². The zero-order chi connectivity index (χ0) is 15.6. The number of carbonyl (C=O) groups excluding carboxylic acids is 1. The number of sulfonamides is 1. The predicted molar refractivity (Wildman–Crippen MR) is 81.7 cm³/mol. The van der Waals surface area contributed by atoms with Crippen LogP contribution in [0.1, 0.15) is 26.7 Å². The second-order valence-electron chi connectivity index (χ2n) is 5.46. The molecule has 2 rings (SSSR count). The molecule has 7 nitrogen and oxygen atoms in total. The summed E-state index contributed by atoms with van der Waals surface area (Å²) in [6.07, 6.45) is 3.13. The van der Waals surface area contributed by atoms with Crippen molar-refractivity contribution in [1.29, 1.82) is 0 Å². The van der Waals surface area contributed by atoms with Crippen LogP contribution in [0, 0.1) is 5.92 Å². The first-order valence-corrected chi connectivity index (χ1v) is 9.17. The number of piperidine rings is 1. The van der Waals surface area contributed by atoms with E-state index in [2.05, 4.69) is 10.3 Å². The molecule has 9 heteroatoms. The molecule has 1 aromatic heterocycles. The van der Waals surface area contributed by atoms with Crippen molar-refractivity contribution in [3.05, 3.63) is 6.20 Å². The molecule has 1 atom stereocenters. The van der Waals surface area contributed by atoms with Crippen molar-refractivity contribution in [2.75, 3.05) is 18.0 Å². The second kappa shape index (κ2) is 6.29. The molecule has 1 aliphatic heterocycles. The summed E-state index contributed by atoms with van der Waals surface area (Å²) in [5.74, 6) is -0.0135. The lowest BCUT2D eigenvalue weighted by atomic mass is 10.1. The van der Waals surface area contributed by atoms with E-state index in [4.69, 9.17) is 5.14 Å². The van der Waals surface area contributed by atoms with Gasteiger partial charge >= 0.3 is 0 Å². The molecule has 1 amide bonds. The number of rotatable bonds is 4. The maximum atomic E-state index is 11.8. The highest BCUT2D eigenvalue weighted by molar-refractivity contribution is 7.91. The van der Waals surface area contributed by atoms with E-state index in [9.17, 15) is 13.2 Å². The van der Waals surface area contributed by atoms with Gasteiger partial charge in [0.1, 0.15) is 0 Å². The van der Waals surface area contributed by atoms with Crippen LogP contribution in [-0.2, 0) is 14.8 Å². The van der Waals surface area contributed by atoms with Crippen molar-refractivity contribution < 1.29 is 13.2 Å². The van der Waals surface area contributed by atoms with E-state index in [0.717, 1.165) is 30.7 Å². The molecule has 21 heavy (non-hydrogen) atoms. The van der Waals surface area contributed by atoms with Gasteiger partial charge in [-0.1, -0.05) is 25.2 Å². The Balaban J connectivity index is 2.04. The Bertz CT molecular complexity index is 612. The quantitative estimate of drug-likeness (QED) is 0.837. The van der Waals surface area contributed by atoms with E-state index in [1.807, 2.05) is 18.7 Å². The minimum Gasteiger partial charge on any atom is -0.351 e. The van der Waals surface area contributed by atoms with E-state index in [1.54, 1.807) is 0 Å². The number of nitrogens with one attached hydrogen (secondary N) is 1. The van der Waals surface area contributed by atoms with E-state index in [1.165, 1.54) is 6.20 Å². The fraction of sp³-hybridized carbons (Fsp3) is 0.667. The van der Waals surface area contributed by atoms with Gasteiger partial charge in [0.2, 0.25) is 15.9 Å². The maximum Gasteiger partial charge on any atom is 0.249 e. The highest BCUT2D eigenvalue weighted by Crippen LogP contribution is 2.27. The van der Waals surface area contributed by atoms with Gasteiger partial charge in [-0.15, -0.1) is 0 Å². The molecule has 1 aromatic rings. The number of anilines is 1. The molecule has 0 bridgehead atoms. The second-order valence-corrected chi connectivity index (χ2v) is 8.25. The van der Waals surface area contributed by atoms with Crippen molar-refractivity contribution in [2.24, 2.45) is 11.1 Å². The standard InChI is InChI=1S/C12H20N4O3S2/c1-8(2)11(17)15-9-4-3-5-16(7-9)12-14-6-10(20-12)21(13,18)19/h6,8-9H,3-5,7H2,1-2H3,(H,15,17)(H2,13,18,19). The van der Waals surface area contributed by atoms with Crippen molar-refractivity contribution in [1.82, 2.24) is 10.3 Å². The van der Waals surface area contributed by atoms with Crippen LogP contribution in [0.4, 0.5) is 5.13 Å². The van der Waals surface area contributed by atoms with Crippen LogP contribution in [0.25, 0.3) is 0 Å². The first-order valence-electron chi connectivity index (χ1n) is 6.81. The smallest absolute Gasteiger partial charge is 0.249 e. The third kappa shape index (κ3) is 4.14. The molecule has 0 radical (unpaired) electrons. The van der Waals surface area contributed by atoms with Crippen molar-refractivity contribution in [3.8, 4) is 0 Å². The molecule has 2 heterocycles. The Morgan fingerprint density at radius 2 is 2.29 bits per heavy atom. The molecule has 118 valence electrons. The van der Waals surface area contributed by atoms with E-state index >= 15 is 0 Å². The van der Waals surface area contributed by atoms with Gasteiger partial charge in [-0.05, 0) is 12.8 Å². The highest BCUT2D eigenvalue weighted by atomic mass is 32.2. The molecule has 0 aliphatic carbocycles. The number of carbonyl (C=O) groups is 1. The summed E-state index contributed by atoms with van der Waals surface area (Å²) in [6, 6.07) is 0.0653. The minimum absolute atomic E-state index is 0.0335. The number of nitrogens with two attached hydrogens (primary N) is 1. The number of aromatic nitrogens is 1. The molecule has 3 N–H and O–H groups in total. The molecule has 1 unspecified atom stereocenters. The lowest BCUT2D eigenvalue weighted by Gasteiger charge is -2.33. The molecule has 1 fully saturated rings. The number of primary sulfonamides is 1. The van der Waals surface area contributed by atoms with Crippen molar-refractivity contribution in [2.45, 2.75) is 36.9 Å². The van der Waals surface area contributed by atoms with E-state index in [-0.39, 0.29) is 22.1 Å². The van der Waals surface area contributed by atoms with Gasteiger partial charge in [-0.25, -0.2) is 18.5 Å². The Labute approximate surface area is 128 Å². The molecular formula is C12H20N4O3S2. The van der Waals surface area contributed by atoms with Crippen LogP contribution in [0.2, 0.25) is 0 Å². The Kier molecular flexibility index (Phi) is 4.84. The lowest BCUT2D eigenvalue weighted by molar-refractivity contribution is -0.124. The molecular weight excluding hydrogens is 312 g/mol. The first kappa shape index (κ1) is 16.2. The summed E-state index contributed by atoms with van der Waals surface area (Å²) in [5.41, 5.74) is 0. The maximum absolute atomic E-state index is 11.8. The summed E-state index contributed by atoms with van der Waals surface area (Å²) in [4.78, 5) is 17.9. The third-order valence-corrected chi connectivity index (χ3v) is 5.78. The fourth-order valence-electron chi connectivity index (χ4n) is 2.16. The third-order valence-electron chi connectivity index (χ3n) is 3.32. The van der Waals surface area contributed by atoms with Crippen LogP contribution >= 0.6 is 11.3 Å². The van der Waals surface area contributed by atoms with E-state index in [0.29, 0.717) is 11.7 Å². The Hall–Kier alpha value is -1.19. The average molecular weight is 332 g/mol. The Morgan fingerprint density at radius 3 is 2.86 bits per heavy atom. The summed E-state index contributed by atoms with van der Waals surface area (Å²) >= 11 is 1.06. The van der Waals surface area contributed by atoms with Crippen LogP contribution < -0.4 is 15.4 Å². The van der Waals surface area contributed by atoms with Gasteiger partial charge in [0.25, 0.3) is 0 Å². The molecule has 0 aromatic carbocycles. The van der Waals surface area contributed by atoms with Gasteiger partial charge in [-0.2, -0.15) is 0 Å². The summed E-state index contributed by atoms with van der Waals surface area (Å²) in [5, 5.41) is 8.73. The van der Waals surface area contributed by atoms with Gasteiger partial charge in [0, 0.05) is 25.0 Å².